The molecule has 1 fully saturated rings. The summed E-state index contributed by atoms with van der Waals surface area (Å²) in [6.45, 7) is 5.46. The highest BCUT2D eigenvalue weighted by Gasteiger charge is 2.33. The van der Waals surface area contributed by atoms with Crippen molar-refractivity contribution in [2.45, 2.75) is 58.8 Å². The summed E-state index contributed by atoms with van der Waals surface area (Å²) in [4.78, 5) is 0. The maximum absolute atomic E-state index is 9.19. The Morgan fingerprint density at radius 1 is 1.11 bits per heavy atom. The van der Waals surface area contributed by atoms with E-state index in [-0.39, 0.29) is 19.1 Å². The quantitative estimate of drug-likeness (QED) is 0.514. The second kappa shape index (κ2) is 9.57. The number of allylic oxidation sites excluding steroid dienone is 1. The molecule has 0 aromatic carbocycles. The Morgan fingerprint density at radius 2 is 1.74 bits per heavy atom. The molecule has 0 spiro atoms. The van der Waals surface area contributed by atoms with Gasteiger partial charge in [-0.1, -0.05) is 58.0 Å². The van der Waals surface area contributed by atoms with E-state index in [0.717, 1.165) is 6.42 Å². The number of rotatable bonds is 9. The molecule has 0 unspecified atom stereocenters. The van der Waals surface area contributed by atoms with E-state index >= 15 is 0 Å². The van der Waals surface area contributed by atoms with Crippen LogP contribution in [-0.4, -0.2) is 32.0 Å². The third-order valence-corrected chi connectivity index (χ3v) is 3.59. The highest BCUT2D eigenvalue weighted by molar-refractivity contribution is 6.50. The van der Waals surface area contributed by atoms with Crippen LogP contribution < -0.4 is 0 Å². The molecular weight excluding hydrogens is 239 g/mol. The van der Waals surface area contributed by atoms with Crippen molar-refractivity contribution in [1.29, 1.82) is 0 Å². The lowest BCUT2D eigenvalue weighted by molar-refractivity contribution is -0.0150. The predicted molar refractivity (Wildman–Crippen MR) is 80.0 cm³/mol. The van der Waals surface area contributed by atoms with E-state index in [9.17, 15) is 5.11 Å². The van der Waals surface area contributed by atoms with Gasteiger partial charge >= 0.3 is 7.12 Å². The molecule has 19 heavy (non-hydrogen) atoms. The summed E-state index contributed by atoms with van der Waals surface area (Å²) in [5.74, 6) is 2.00. The number of unbranched alkanes of at least 4 members (excludes halogenated alkanes) is 6. The fourth-order valence-corrected chi connectivity index (χ4v) is 2.11. The van der Waals surface area contributed by atoms with Crippen molar-refractivity contribution in [1.82, 2.24) is 0 Å². The first-order valence-electron chi connectivity index (χ1n) is 7.71. The molecule has 0 aliphatic carbocycles. The van der Waals surface area contributed by atoms with Gasteiger partial charge in [0, 0.05) is 18.6 Å². The lowest BCUT2D eigenvalue weighted by Crippen LogP contribution is -2.43. The fourth-order valence-electron chi connectivity index (χ4n) is 2.11. The maximum Gasteiger partial charge on any atom is 0.485 e. The third kappa shape index (κ3) is 7.14. The third-order valence-electron chi connectivity index (χ3n) is 3.59. The molecule has 1 N–H and O–H groups in total. The molecule has 3 nitrogen and oxygen atoms in total. The number of hydrogen-bond donors (Lipinski definition) is 1. The molecule has 0 radical (unpaired) electrons. The second-order valence-corrected chi connectivity index (χ2v) is 5.94. The second-order valence-electron chi connectivity index (χ2n) is 5.94. The number of aliphatic hydroxyl groups excluding tert-OH is 1. The summed E-state index contributed by atoms with van der Waals surface area (Å²) < 4.78 is 11.2. The predicted octanol–water partition coefficient (Wildman–Crippen LogP) is 3.37. The monoisotopic (exact) mass is 268 g/mol. The maximum atomic E-state index is 9.19. The van der Waals surface area contributed by atoms with Crippen molar-refractivity contribution in [3.8, 4) is 0 Å². The number of hydrogen-bond acceptors (Lipinski definition) is 3. The van der Waals surface area contributed by atoms with Crippen LogP contribution in [0.25, 0.3) is 0 Å². The van der Waals surface area contributed by atoms with Crippen molar-refractivity contribution in [2.75, 3.05) is 19.8 Å². The van der Waals surface area contributed by atoms with Crippen LogP contribution in [0.5, 0.6) is 0 Å². The van der Waals surface area contributed by atoms with Gasteiger partial charge in [-0.05, 0) is 12.8 Å². The molecule has 110 valence electrons. The molecule has 1 saturated heterocycles. The Balaban J connectivity index is 2.01. The zero-order valence-electron chi connectivity index (χ0n) is 12.6. The van der Waals surface area contributed by atoms with Crippen LogP contribution in [-0.2, 0) is 9.31 Å². The lowest BCUT2D eigenvalue weighted by Gasteiger charge is -2.33. The first-order valence-corrected chi connectivity index (χ1v) is 7.71. The van der Waals surface area contributed by atoms with Gasteiger partial charge in [0.05, 0.1) is 6.61 Å². The fraction of sp³-hybridized carbons (Fsp3) is 0.867. The van der Waals surface area contributed by atoms with Crippen LogP contribution in [0.1, 0.15) is 58.8 Å². The van der Waals surface area contributed by atoms with E-state index < -0.39 is 0 Å². The lowest BCUT2D eigenvalue weighted by atomic mass is 9.82. The molecule has 1 aliphatic rings. The van der Waals surface area contributed by atoms with Gasteiger partial charge in [-0.25, -0.2) is 0 Å². The SMILES string of the molecule is CCCCCCCC/C=C/B1OCC(C)(CO)CO1. The molecule has 0 aromatic rings. The van der Waals surface area contributed by atoms with Gasteiger partial charge < -0.3 is 14.4 Å². The Hall–Kier alpha value is -0.315. The van der Waals surface area contributed by atoms with Crippen LogP contribution in [0.3, 0.4) is 0 Å². The van der Waals surface area contributed by atoms with Gasteiger partial charge in [0.25, 0.3) is 0 Å². The molecule has 0 bridgehead atoms. The Morgan fingerprint density at radius 3 is 2.37 bits per heavy atom. The van der Waals surface area contributed by atoms with Gasteiger partial charge in [0.15, 0.2) is 0 Å². The topological polar surface area (TPSA) is 38.7 Å². The van der Waals surface area contributed by atoms with Gasteiger partial charge in [0.2, 0.25) is 0 Å². The Kier molecular flexibility index (Phi) is 8.43. The summed E-state index contributed by atoms with van der Waals surface area (Å²) in [5, 5.41) is 9.19. The molecule has 0 aromatic heterocycles. The Bertz CT molecular complexity index is 248. The molecule has 1 rings (SSSR count). The molecule has 0 atom stereocenters. The van der Waals surface area contributed by atoms with E-state index in [1.165, 1.54) is 38.5 Å². The zero-order valence-corrected chi connectivity index (χ0v) is 12.6. The van der Waals surface area contributed by atoms with Crippen molar-refractivity contribution < 1.29 is 14.4 Å². The Labute approximate surface area is 118 Å². The van der Waals surface area contributed by atoms with E-state index in [4.69, 9.17) is 9.31 Å². The van der Waals surface area contributed by atoms with Gasteiger partial charge in [-0.3, -0.25) is 0 Å². The van der Waals surface area contributed by atoms with Crippen LogP contribution in [0.15, 0.2) is 12.1 Å². The highest BCUT2D eigenvalue weighted by Crippen LogP contribution is 2.22. The molecule has 0 amide bonds. The molecule has 4 heteroatoms. The van der Waals surface area contributed by atoms with Crippen LogP contribution in [0.4, 0.5) is 0 Å². The summed E-state index contributed by atoms with van der Waals surface area (Å²) in [6.07, 6.45) is 11.2. The minimum absolute atomic E-state index is 0.112. The summed E-state index contributed by atoms with van der Waals surface area (Å²) in [5.41, 5.74) is -0.233. The van der Waals surface area contributed by atoms with Crippen molar-refractivity contribution in [2.24, 2.45) is 5.41 Å². The number of aliphatic hydroxyl groups is 1. The van der Waals surface area contributed by atoms with Gasteiger partial charge in [-0.2, -0.15) is 0 Å². The van der Waals surface area contributed by atoms with Crippen LogP contribution in [0, 0.1) is 5.41 Å². The standard InChI is InChI=1S/C15H29BO3/c1-3-4-5-6-7-8-9-10-11-16-18-13-15(2,12-17)14-19-16/h10-11,17H,3-9,12-14H2,1-2H3/b11-10+. The van der Waals surface area contributed by atoms with Crippen LogP contribution >= 0.6 is 0 Å². The normalized spacial score (nSPS) is 19.2. The van der Waals surface area contributed by atoms with Crippen molar-refractivity contribution >= 4 is 7.12 Å². The molecule has 1 aliphatic heterocycles. The summed E-state index contributed by atoms with van der Waals surface area (Å²) >= 11 is 0. The first-order chi connectivity index (χ1) is 9.20. The zero-order chi connectivity index (χ0) is 14.0. The molecular formula is C15H29BO3. The summed E-state index contributed by atoms with van der Waals surface area (Å²) in [7, 11) is -0.222. The van der Waals surface area contributed by atoms with Gasteiger partial charge in [-0.15, -0.1) is 0 Å². The van der Waals surface area contributed by atoms with E-state index in [1.54, 1.807) is 0 Å². The van der Waals surface area contributed by atoms with Crippen molar-refractivity contribution in [3.63, 3.8) is 0 Å². The average molecular weight is 268 g/mol. The van der Waals surface area contributed by atoms with E-state index in [1.807, 2.05) is 12.9 Å². The van der Waals surface area contributed by atoms with E-state index in [0.29, 0.717) is 13.2 Å². The smallest absolute Gasteiger partial charge is 0.407 e. The molecule has 0 saturated carbocycles. The average Bonchev–Trinajstić information content (AvgIpc) is 2.44. The largest absolute Gasteiger partial charge is 0.485 e. The first kappa shape index (κ1) is 16.7. The molecule has 1 heterocycles. The minimum atomic E-state index is -0.233. The minimum Gasteiger partial charge on any atom is -0.407 e. The van der Waals surface area contributed by atoms with Crippen LogP contribution in [0.2, 0.25) is 0 Å². The van der Waals surface area contributed by atoms with Crippen molar-refractivity contribution in [3.05, 3.63) is 12.1 Å². The van der Waals surface area contributed by atoms with E-state index in [2.05, 4.69) is 13.0 Å². The summed E-state index contributed by atoms with van der Waals surface area (Å²) in [6, 6.07) is 0. The highest BCUT2D eigenvalue weighted by atomic mass is 16.6. The van der Waals surface area contributed by atoms with Gasteiger partial charge in [0.1, 0.15) is 0 Å².